The standard InChI is InChI=1S/C64H42N6/c1-5-19-43(20-6-1)49-29-17-30-50(39-49)51-31-18-32-54(41-51)62-66-61(47-26-11-4-12-27-47)69-64(70-62)57-38-37-53(42-58(57)52-36-35-44-21-13-14-28-48(44)40-52)55-33-15-16-34-56(55)63-67-59(45-22-7-2-8-23-45)65-60(68-63)46-24-9-3-10-25-46/h1-42H. The average molecular weight is 895 g/mol. The Bertz CT molecular complexity index is 3760. The summed E-state index contributed by atoms with van der Waals surface area (Å²) in [4.78, 5) is 31.0. The molecule has 0 fully saturated rings. The fourth-order valence-corrected chi connectivity index (χ4v) is 9.05. The van der Waals surface area contributed by atoms with Crippen molar-refractivity contribution in [3.63, 3.8) is 0 Å². The maximum Gasteiger partial charge on any atom is 0.164 e. The van der Waals surface area contributed by atoms with Crippen molar-refractivity contribution in [2.75, 3.05) is 0 Å². The molecule has 6 heteroatoms. The molecule has 6 nitrogen and oxygen atoms in total. The van der Waals surface area contributed by atoms with Crippen molar-refractivity contribution < 1.29 is 0 Å². The van der Waals surface area contributed by atoms with Crippen molar-refractivity contribution in [1.82, 2.24) is 29.9 Å². The number of aromatic nitrogens is 6. The van der Waals surface area contributed by atoms with Crippen molar-refractivity contribution in [3.8, 4) is 113 Å². The van der Waals surface area contributed by atoms with Crippen LogP contribution >= 0.6 is 0 Å². The van der Waals surface area contributed by atoms with Gasteiger partial charge in [-0.2, -0.15) is 0 Å². The average Bonchev–Trinajstić information content (AvgIpc) is 3.45. The lowest BCUT2D eigenvalue weighted by atomic mass is 9.91. The van der Waals surface area contributed by atoms with Crippen molar-refractivity contribution in [2.45, 2.75) is 0 Å². The van der Waals surface area contributed by atoms with Gasteiger partial charge < -0.3 is 0 Å². The minimum Gasteiger partial charge on any atom is -0.208 e. The molecule has 0 saturated heterocycles. The molecule has 0 amide bonds. The zero-order valence-electron chi connectivity index (χ0n) is 37.9. The monoisotopic (exact) mass is 894 g/mol. The highest BCUT2D eigenvalue weighted by Gasteiger charge is 2.20. The van der Waals surface area contributed by atoms with Crippen LogP contribution in [0.2, 0.25) is 0 Å². The fourth-order valence-electron chi connectivity index (χ4n) is 9.05. The zero-order chi connectivity index (χ0) is 46.6. The van der Waals surface area contributed by atoms with E-state index in [1.54, 1.807) is 0 Å². The summed E-state index contributed by atoms with van der Waals surface area (Å²) in [6, 6.07) is 87.9. The van der Waals surface area contributed by atoms with E-state index in [1.807, 2.05) is 103 Å². The second kappa shape index (κ2) is 18.6. The molecule has 0 aliphatic rings. The second-order valence-corrected chi connectivity index (χ2v) is 17.1. The predicted octanol–water partition coefficient (Wildman–Crippen LogP) is 15.9. The molecule has 12 aromatic rings. The molecule has 12 rings (SSSR count). The lowest BCUT2D eigenvalue weighted by molar-refractivity contribution is 1.07. The van der Waals surface area contributed by atoms with Gasteiger partial charge in [0, 0.05) is 33.4 Å². The van der Waals surface area contributed by atoms with Crippen LogP contribution in [0, 0.1) is 0 Å². The minimum atomic E-state index is 0.570. The number of benzene rings is 10. The second-order valence-electron chi connectivity index (χ2n) is 17.1. The van der Waals surface area contributed by atoms with Crippen LogP contribution in [-0.4, -0.2) is 29.9 Å². The van der Waals surface area contributed by atoms with Gasteiger partial charge in [0.15, 0.2) is 34.9 Å². The van der Waals surface area contributed by atoms with Gasteiger partial charge in [0.2, 0.25) is 0 Å². The lowest BCUT2D eigenvalue weighted by Crippen LogP contribution is -2.02. The molecule has 2 heterocycles. The Morgan fingerprint density at radius 3 is 1.07 bits per heavy atom. The molecule has 0 atom stereocenters. The summed E-state index contributed by atoms with van der Waals surface area (Å²) in [6.07, 6.45) is 0. The topological polar surface area (TPSA) is 77.3 Å². The van der Waals surface area contributed by atoms with Gasteiger partial charge in [-0.1, -0.05) is 224 Å². The molecule has 0 spiro atoms. The Balaban J connectivity index is 1.03. The van der Waals surface area contributed by atoms with E-state index in [9.17, 15) is 0 Å². The Morgan fingerprint density at radius 1 is 0.157 bits per heavy atom. The maximum absolute atomic E-state index is 5.34. The van der Waals surface area contributed by atoms with E-state index in [0.29, 0.717) is 34.9 Å². The van der Waals surface area contributed by atoms with E-state index in [-0.39, 0.29) is 0 Å². The summed E-state index contributed by atoms with van der Waals surface area (Å²) in [7, 11) is 0. The largest absolute Gasteiger partial charge is 0.208 e. The Hall–Kier alpha value is -9.52. The van der Waals surface area contributed by atoms with Crippen LogP contribution in [0.4, 0.5) is 0 Å². The van der Waals surface area contributed by atoms with E-state index in [0.717, 1.165) is 83.1 Å². The number of rotatable bonds is 10. The first-order chi connectivity index (χ1) is 34.7. The van der Waals surface area contributed by atoms with Gasteiger partial charge in [0.25, 0.3) is 0 Å². The number of fused-ring (bicyclic) bond motifs is 1. The third-order valence-electron chi connectivity index (χ3n) is 12.6. The van der Waals surface area contributed by atoms with E-state index < -0.39 is 0 Å². The van der Waals surface area contributed by atoms with E-state index in [4.69, 9.17) is 29.9 Å². The third-order valence-corrected chi connectivity index (χ3v) is 12.6. The minimum absolute atomic E-state index is 0.570. The Morgan fingerprint density at radius 2 is 0.514 bits per heavy atom. The van der Waals surface area contributed by atoms with Crippen LogP contribution in [0.1, 0.15) is 0 Å². The van der Waals surface area contributed by atoms with Gasteiger partial charge in [-0.3, -0.25) is 0 Å². The first-order valence-electron chi connectivity index (χ1n) is 23.3. The molecule has 0 unspecified atom stereocenters. The molecule has 0 N–H and O–H groups in total. The van der Waals surface area contributed by atoms with Crippen molar-refractivity contribution in [2.24, 2.45) is 0 Å². The highest BCUT2D eigenvalue weighted by atomic mass is 15.0. The van der Waals surface area contributed by atoms with Crippen LogP contribution in [-0.2, 0) is 0 Å². The molecular formula is C64H42N6. The lowest BCUT2D eigenvalue weighted by Gasteiger charge is -2.16. The van der Waals surface area contributed by atoms with Gasteiger partial charge in [-0.25, -0.2) is 29.9 Å². The normalized spacial score (nSPS) is 11.1. The first-order valence-corrected chi connectivity index (χ1v) is 23.3. The van der Waals surface area contributed by atoms with E-state index in [1.165, 1.54) is 5.56 Å². The predicted molar refractivity (Wildman–Crippen MR) is 285 cm³/mol. The van der Waals surface area contributed by atoms with Gasteiger partial charge in [0.05, 0.1) is 0 Å². The van der Waals surface area contributed by atoms with Crippen LogP contribution < -0.4 is 0 Å². The molecular weight excluding hydrogens is 853 g/mol. The van der Waals surface area contributed by atoms with Gasteiger partial charge in [-0.15, -0.1) is 0 Å². The van der Waals surface area contributed by atoms with E-state index in [2.05, 4.69) is 152 Å². The molecule has 0 saturated carbocycles. The summed E-state index contributed by atoms with van der Waals surface area (Å²) in [5.41, 5.74) is 13.9. The number of hydrogen-bond donors (Lipinski definition) is 0. The molecule has 0 radical (unpaired) electrons. The van der Waals surface area contributed by atoms with Crippen molar-refractivity contribution in [1.29, 1.82) is 0 Å². The summed E-state index contributed by atoms with van der Waals surface area (Å²) < 4.78 is 0. The van der Waals surface area contributed by atoms with Gasteiger partial charge in [0.1, 0.15) is 0 Å². The highest BCUT2D eigenvalue weighted by Crippen LogP contribution is 2.40. The smallest absolute Gasteiger partial charge is 0.164 e. The number of hydrogen-bond acceptors (Lipinski definition) is 6. The third kappa shape index (κ3) is 8.53. The Kier molecular flexibility index (Phi) is 11.1. The van der Waals surface area contributed by atoms with Gasteiger partial charge in [-0.05, 0) is 85.6 Å². The molecule has 70 heavy (non-hydrogen) atoms. The maximum atomic E-state index is 5.34. The molecule has 0 aliphatic carbocycles. The SMILES string of the molecule is c1ccc(-c2cccc(-c3cccc(-c4nc(-c5ccccc5)nc(-c5ccc(-c6ccccc6-c6nc(-c7ccccc7)nc(-c7ccccc7)n6)cc5-c5ccc6ccccc6c5)n4)c3)c2)cc1. The van der Waals surface area contributed by atoms with E-state index >= 15 is 0 Å². The fraction of sp³-hybridized carbons (Fsp3) is 0. The van der Waals surface area contributed by atoms with Crippen LogP contribution in [0.25, 0.3) is 124 Å². The summed E-state index contributed by atoms with van der Waals surface area (Å²) in [5.74, 6) is 3.55. The highest BCUT2D eigenvalue weighted by molar-refractivity contribution is 5.94. The van der Waals surface area contributed by atoms with Gasteiger partial charge >= 0.3 is 0 Å². The summed E-state index contributed by atoms with van der Waals surface area (Å²) in [6.45, 7) is 0. The summed E-state index contributed by atoms with van der Waals surface area (Å²) in [5, 5.41) is 2.30. The molecule has 2 aromatic heterocycles. The first kappa shape index (κ1) is 41.9. The van der Waals surface area contributed by atoms with Crippen molar-refractivity contribution >= 4 is 10.8 Å². The van der Waals surface area contributed by atoms with Crippen LogP contribution in [0.5, 0.6) is 0 Å². The number of nitrogens with zero attached hydrogens (tertiary/aromatic N) is 6. The van der Waals surface area contributed by atoms with Crippen LogP contribution in [0.15, 0.2) is 255 Å². The zero-order valence-corrected chi connectivity index (χ0v) is 37.9. The molecule has 10 aromatic carbocycles. The molecule has 0 bridgehead atoms. The Labute approximate surface area is 406 Å². The van der Waals surface area contributed by atoms with Crippen LogP contribution in [0.3, 0.4) is 0 Å². The molecule has 328 valence electrons. The van der Waals surface area contributed by atoms with Crippen molar-refractivity contribution in [3.05, 3.63) is 255 Å². The molecule has 0 aliphatic heterocycles. The summed E-state index contributed by atoms with van der Waals surface area (Å²) >= 11 is 0. The quantitative estimate of drug-likeness (QED) is 0.136.